The SMILES string of the molecule is CC/C=C\C/C=C\C/C=C\C/C=C\CCCCCCCCCCCOCC(COP(=O)([O-])OCC[N+](C)(C)C)OC(=O)CCCCCCCC/C=C\C/C=C\C/C=C\CCCCCCC. The van der Waals surface area contributed by atoms with Gasteiger partial charge in [0, 0.05) is 13.0 Å². The standard InChI is InChI=1S/C56H100NO7P/c1-6-8-10-12-14-16-18-20-22-24-26-28-30-32-34-36-38-40-42-44-46-48-51-61-53-55(54-63-65(59,60)62-52-50-57(3,4)5)64-56(58)49-47-45-43-41-39-37-35-33-31-29-27-25-23-21-19-17-15-13-11-9-7-2/h8,10,14,16,19-22,25-28,31,33,55H,6-7,9,11-13,15,17-18,23-24,29-30,32,34-54H2,1-5H3/b10-8-,16-14-,21-19-,22-20-,27-25-,28-26-,33-31-. The fourth-order valence-electron chi connectivity index (χ4n) is 6.90. The fourth-order valence-corrected chi connectivity index (χ4v) is 7.63. The summed E-state index contributed by atoms with van der Waals surface area (Å²) in [6, 6.07) is 0. The second-order valence-electron chi connectivity index (χ2n) is 18.5. The molecule has 0 rings (SSSR count). The van der Waals surface area contributed by atoms with Crippen molar-refractivity contribution in [1.29, 1.82) is 0 Å². The van der Waals surface area contributed by atoms with Gasteiger partial charge in [0.2, 0.25) is 0 Å². The maximum Gasteiger partial charge on any atom is 0.306 e. The van der Waals surface area contributed by atoms with Gasteiger partial charge in [-0.25, -0.2) is 0 Å². The molecule has 0 saturated heterocycles. The zero-order chi connectivity index (χ0) is 47.6. The molecule has 9 heteroatoms. The largest absolute Gasteiger partial charge is 0.756 e. The molecule has 0 aromatic heterocycles. The highest BCUT2D eigenvalue weighted by atomic mass is 31.2. The predicted molar refractivity (Wildman–Crippen MR) is 277 cm³/mol. The lowest BCUT2D eigenvalue weighted by molar-refractivity contribution is -0.870. The van der Waals surface area contributed by atoms with Gasteiger partial charge in [-0.15, -0.1) is 0 Å². The number of hydrogen-bond donors (Lipinski definition) is 0. The molecule has 0 aromatic carbocycles. The summed E-state index contributed by atoms with van der Waals surface area (Å²) >= 11 is 0. The molecule has 0 heterocycles. The highest BCUT2D eigenvalue weighted by molar-refractivity contribution is 7.45. The Morgan fingerprint density at radius 1 is 0.492 bits per heavy atom. The first-order valence-corrected chi connectivity index (χ1v) is 27.8. The molecule has 0 N–H and O–H groups in total. The molecule has 8 nitrogen and oxygen atoms in total. The smallest absolute Gasteiger partial charge is 0.306 e. The number of phosphoric ester groups is 1. The van der Waals surface area contributed by atoms with E-state index in [1.807, 2.05) is 21.1 Å². The van der Waals surface area contributed by atoms with Gasteiger partial charge in [0.25, 0.3) is 7.82 Å². The first-order chi connectivity index (χ1) is 31.6. The average molecular weight is 930 g/mol. The van der Waals surface area contributed by atoms with Gasteiger partial charge in [0.05, 0.1) is 34.4 Å². The van der Waals surface area contributed by atoms with E-state index in [9.17, 15) is 14.3 Å². The third-order valence-electron chi connectivity index (χ3n) is 10.9. The van der Waals surface area contributed by atoms with Gasteiger partial charge >= 0.3 is 5.97 Å². The lowest BCUT2D eigenvalue weighted by Crippen LogP contribution is -2.37. The summed E-state index contributed by atoms with van der Waals surface area (Å²) in [6.07, 6.45) is 64.6. The summed E-state index contributed by atoms with van der Waals surface area (Å²) in [5.41, 5.74) is 0. The number of nitrogens with zero attached hydrogens (tertiary/aromatic N) is 1. The van der Waals surface area contributed by atoms with E-state index in [-0.39, 0.29) is 25.8 Å². The predicted octanol–water partition coefficient (Wildman–Crippen LogP) is 15.8. The van der Waals surface area contributed by atoms with Crippen LogP contribution >= 0.6 is 7.82 Å². The summed E-state index contributed by atoms with van der Waals surface area (Å²) in [5, 5.41) is 0. The Kier molecular flexibility index (Phi) is 46.4. The van der Waals surface area contributed by atoms with Gasteiger partial charge in [0.15, 0.2) is 0 Å². The van der Waals surface area contributed by atoms with E-state index in [1.54, 1.807) is 0 Å². The number of carbonyl (C=O) groups is 1. The van der Waals surface area contributed by atoms with Crippen molar-refractivity contribution < 1.29 is 37.3 Å². The molecule has 0 aliphatic carbocycles. The maximum atomic E-state index is 12.8. The number of quaternary nitrogens is 1. The van der Waals surface area contributed by atoms with Crippen LogP contribution in [0.15, 0.2) is 85.1 Å². The Labute approximate surface area is 401 Å². The molecule has 0 aromatic rings. The third-order valence-corrected chi connectivity index (χ3v) is 11.9. The van der Waals surface area contributed by atoms with Crippen molar-refractivity contribution in [3.63, 3.8) is 0 Å². The van der Waals surface area contributed by atoms with E-state index < -0.39 is 13.9 Å². The number of esters is 1. The van der Waals surface area contributed by atoms with Gasteiger partial charge < -0.3 is 27.9 Å². The van der Waals surface area contributed by atoms with Crippen LogP contribution in [0.4, 0.5) is 0 Å². The second kappa shape index (κ2) is 48.1. The van der Waals surface area contributed by atoms with Crippen LogP contribution in [0.5, 0.6) is 0 Å². The van der Waals surface area contributed by atoms with Crippen LogP contribution < -0.4 is 4.89 Å². The highest BCUT2D eigenvalue weighted by Crippen LogP contribution is 2.38. The molecule has 0 saturated carbocycles. The van der Waals surface area contributed by atoms with E-state index in [0.717, 1.165) is 83.5 Å². The summed E-state index contributed by atoms with van der Waals surface area (Å²) in [7, 11) is 1.33. The molecule has 0 aliphatic heterocycles. The molecule has 0 aliphatic rings. The molecular formula is C56H100NO7P. The number of rotatable bonds is 48. The Morgan fingerprint density at radius 3 is 1.34 bits per heavy atom. The Hall–Kier alpha value is -2.32. The fraction of sp³-hybridized carbons (Fsp3) is 0.732. The maximum absolute atomic E-state index is 12.8. The van der Waals surface area contributed by atoms with Crippen LogP contribution in [-0.4, -0.2) is 70.7 Å². The van der Waals surface area contributed by atoms with Crippen molar-refractivity contribution in [2.24, 2.45) is 0 Å². The molecule has 0 radical (unpaired) electrons. The quantitative estimate of drug-likeness (QED) is 0.0197. The molecular weight excluding hydrogens is 830 g/mol. The van der Waals surface area contributed by atoms with Gasteiger partial charge in [-0.2, -0.15) is 0 Å². The number of unbranched alkanes of at least 4 members (excludes halogenated alkanes) is 20. The zero-order valence-corrected chi connectivity index (χ0v) is 43.6. The first kappa shape index (κ1) is 62.7. The average Bonchev–Trinajstić information content (AvgIpc) is 3.27. The van der Waals surface area contributed by atoms with E-state index in [1.165, 1.54) is 103 Å². The summed E-state index contributed by atoms with van der Waals surface area (Å²) in [4.78, 5) is 25.2. The van der Waals surface area contributed by atoms with Crippen LogP contribution in [0.25, 0.3) is 0 Å². The number of hydrogen-bond acceptors (Lipinski definition) is 7. The molecule has 0 spiro atoms. The van der Waals surface area contributed by atoms with Gasteiger partial charge in [-0.3, -0.25) is 9.36 Å². The van der Waals surface area contributed by atoms with Crippen molar-refractivity contribution in [2.75, 3.05) is 54.1 Å². The molecule has 2 unspecified atom stereocenters. The van der Waals surface area contributed by atoms with Gasteiger partial charge in [-0.05, 0) is 89.9 Å². The van der Waals surface area contributed by atoms with Crippen molar-refractivity contribution in [3.8, 4) is 0 Å². The van der Waals surface area contributed by atoms with Crippen LogP contribution in [0, 0.1) is 0 Å². The topological polar surface area (TPSA) is 94.1 Å². The molecule has 376 valence electrons. The normalized spacial score (nSPS) is 14.2. The number of carbonyl (C=O) groups excluding carboxylic acids is 1. The number of ether oxygens (including phenoxy) is 2. The number of likely N-dealkylation sites (N-methyl/N-ethyl adjacent to an activating group) is 1. The van der Waals surface area contributed by atoms with Crippen LogP contribution in [0.2, 0.25) is 0 Å². The van der Waals surface area contributed by atoms with E-state index in [4.69, 9.17) is 18.5 Å². The summed E-state index contributed by atoms with van der Waals surface area (Å²) < 4.78 is 34.8. The first-order valence-electron chi connectivity index (χ1n) is 26.3. The van der Waals surface area contributed by atoms with Crippen LogP contribution in [0.1, 0.15) is 206 Å². The van der Waals surface area contributed by atoms with Crippen molar-refractivity contribution in [3.05, 3.63) is 85.1 Å². The molecule has 65 heavy (non-hydrogen) atoms. The van der Waals surface area contributed by atoms with Crippen molar-refractivity contribution in [1.82, 2.24) is 0 Å². The number of allylic oxidation sites excluding steroid dienone is 14. The Balaban J connectivity index is 4.19. The minimum absolute atomic E-state index is 0.0177. The number of phosphoric acid groups is 1. The molecule has 0 amide bonds. The summed E-state index contributed by atoms with van der Waals surface area (Å²) in [5.74, 6) is -0.350. The Morgan fingerprint density at radius 2 is 0.892 bits per heavy atom. The van der Waals surface area contributed by atoms with E-state index in [0.29, 0.717) is 24.1 Å². The minimum atomic E-state index is -4.54. The second-order valence-corrected chi connectivity index (χ2v) is 19.9. The molecule has 2 atom stereocenters. The van der Waals surface area contributed by atoms with E-state index in [2.05, 4.69) is 98.9 Å². The minimum Gasteiger partial charge on any atom is -0.756 e. The van der Waals surface area contributed by atoms with Crippen molar-refractivity contribution in [2.45, 2.75) is 213 Å². The Bertz CT molecular complexity index is 1310. The van der Waals surface area contributed by atoms with Gasteiger partial charge in [-0.1, -0.05) is 195 Å². The highest BCUT2D eigenvalue weighted by Gasteiger charge is 2.20. The zero-order valence-electron chi connectivity index (χ0n) is 42.7. The lowest BCUT2D eigenvalue weighted by Gasteiger charge is -2.28. The lowest BCUT2D eigenvalue weighted by atomic mass is 10.1. The molecule has 0 fully saturated rings. The third kappa shape index (κ3) is 52.5. The summed E-state index contributed by atoms with van der Waals surface area (Å²) in [6.45, 7) is 5.25. The van der Waals surface area contributed by atoms with E-state index >= 15 is 0 Å². The van der Waals surface area contributed by atoms with Crippen molar-refractivity contribution >= 4 is 13.8 Å². The van der Waals surface area contributed by atoms with Gasteiger partial charge in [0.1, 0.15) is 19.3 Å². The molecule has 0 bridgehead atoms. The van der Waals surface area contributed by atoms with Crippen LogP contribution in [-0.2, 0) is 27.9 Å². The monoisotopic (exact) mass is 930 g/mol. The van der Waals surface area contributed by atoms with Crippen LogP contribution in [0.3, 0.4) is 0 Å².